The number of nitrogens with zero attached hydrogens (tertiary/aromatic N) is 4. The van der Waals surface area contributed by atoms with Crippen LogP contribution in [0.2, 0.25) is 5.02 Å². The third kappa shape index (κ3) is 5.81. The zero-order valence-corrected chi connectivity index (χ0v) is 21.4. The zero-order chi connectivity index (χ0) is 27.2. The molecule has 0 bridgehead atoms. The second-order valence-corrected chi connectivity index (χ2v) is 9.05. The smallest absolute Gasteiger partial charge is 0.332 e. The molecule has 1 aliphatic rings. The Morgan fingerprint density at radius 1 is 1.27 bits per heavy atom. The van der Waals surface area contributed by atoms with Crippen molar-refractivity contribution in [3.8, 4) is 11.8 Å². The van der Waals surface area contributed by atoms with Gasteiger partial charge >= 0.3 is 6.03 Å². The molecule has 3 rings (SSSR count). The lowest BCUT2D eigenvalue weighted by Gasteiger charge is -2.27. The van der Waals surface area contributed by atoms with Crippen LogP contribution in [-0.4, -0.2) is 47.0 Å². The lowest BCUT2D eigenvalue weighted by atomic mass is 10.0. The molecule has 0 atom stereocenters. The molecule has 1 aliphatic heterocycles. The van der Waals surface area contributed by atoms with E-state index >= 15 is 0 Å². The van der Waals surface area contributed by atoms with Crippen LogP contribution in [0.15, 0.2) is 59.8 Å². The number of ether oxygens (including phenoxy) is 1. The number of nitriles is 1. The van der Waals surface area contributed by atoms with E-state index in [1.807, 2.05) is 13.0 Å². The quantitative estimate of drug-likeness (QED) is 0.112. The number of rotatable bonds is 9. The maximum atomic E-state index is 14.7. The second-order valence-electron chi connectivity index (χ2n) is 8.64. The van der Waals surface area contributed by atoms with Crippen molar-refractivity contribution in [2.45, 2.75) is 32.7 Å². The molecule has 1 heterocycles. The summed E-state index contributed by atoms with van der Waals surface area (Å²) >= 11 is 6.09. The maximum absolute atomic E-state index is 14.7. The Balaban J connectivity index is 1.66. The number of anilines is 1. The van der Waals surface area contributed by atoms with Gasteiger partial charge in [0.25, 0.3) is 5.91 Å². The highest BCUT2D eigenvalue weighted by Gasteiger charge is 2.51. The molecule has 10 heteroatoms. The number of oxime groups is 1. The van der Waals surface area contributed by atoms with E-state index in [4.69, 9.17) is 26.8 Å². The summed E-state index contributed by atoms with van der Waals surface area (Å²) in [4.78, 5) is 28.7. The number of hydrogen-bond donors (Lipinski definition) is 1. The molecule has 3 amide bonds. The third-order valence-corrected chi connectivity index (χ3v) is 6.18. The largest absolute Gasteiger partial charge is 0.490 e. The Kier molecular flexibility index (Phi) is 8.69. The first-order valence-electron chi connectivity index (χ1n) is 11.4. The van der Waals surface area contributed by atoms with Crippen LogP contribution in [0.3, 0.4) is 0 Å². The van der Waals surface area contributed by atoms with Gasteiger partial charge in [0.15, 0.2) is 11.6 Å². The van der Waals surface area contributed by atoms with Crippen LogP contribution in [0.25, 0.3) is 5.57 Å². The highest BCUT2D eigenvalue weighted by atomic mass is 35.5. The van der Waals surface area contributed by atoms with Crippen molar-refractivity contribution >= 4 is 41.0 Å². The van der Waals surface area contributed by atoms with Gasteiger partial charge in [-0.05, 0) is 74.7 Å². The van der Waals surface area contributed by atoms with Crippen molar-refractivity contribution in [1.29, 1.82) is 5.26 Å². The van der Waals surface area contributed by atoms with Crippen LogP contribution in [0.5, 0.6) is 5.75 Å². The van der Waals surface area contributed by atoms with E-state index in [1.165, 1.54) is 41.4 Å². The van der Waals surface area contributed by atoms with Crippen molar-refractivity contribution in [3.05, 3.63) is 76.6 Å². The molecule has 1 saturated heterocycles. The van der Waals surface area contributed by atoms with E-state index in [0.717, 1.165) is 4.90 Å². The summed E-state index contributed by atoms with van der Waals surface area (Å²) in [6.45, 7) is 5.43. The predicted octanol–water partition coefficient (Wildman–Crippen LogP) is 5.79. The van der Waals surface area contributed by atoms with Crippen LogP contribution < -0.4 is 9.64 Å². The standard InChI is InChI=1S/C27H26ClFN4O4/c1-4-6-18(11-12-31-36)19-8-10-24(23(29)15-19)37-14-5-13-32-26(35)33(25(34)27(32,2)3)21-9-7-20(17-30)22(28)16-21/h4,6-12,15-16,36H,5,13-14H2,1-3H3/b6-4-,18-11+,31-12+. The zero-order valence-electron chi connectivity index (χ0n) is 20.6. The van der Waals surface area contributed by atoms with E-state index in [-0.39, 0.29) is 35.2 Å². The Morgan fingerprint density at radius 3 is 2.65 bits per heavy atom. The van der Waals surface area contributed by atoms with Crippen LogP contribution in [0.1, 0.15) is 38.3 Å². The van der Waals surface area contributed by atoms with E-state index < -0.39 is 23.3 Å². The van der Waals surface area contributed by atoms with Gasteiger partial charge in [-0.15, -0.1) is 0 Å². The molecular weight excluding hydrogens is 499 g/mol. The van der Waals surface area contributed by atoms with Crippen LogP contribution in [-0.2, 0) is 4.79 Å². The SMILES string of the molecule is C\C=C/C(=C\C=N\O)c1ccc(OCCCN2C(=O)N(c3ccc(C#N)c(Cl)c3)C(=O)C2(C)C)c(F)c1. The number of allylic oxidation sites excluding steroid dienone is 4. The first-order chi connectivity index (χ1) is 17.6. The lowest BCUT2D eigenvalue weighted by Crippen LogP contribution is -2.44. The molecular formula is C27H26ClFN4O4. The molecule has 0 saturated carbocycles. The third-order valence-electron chi connectivity index (χ3n) is 5.87. The minimum absolute atomic E-state index is 0.0522. The highest BCUT2D eigenvalue weighted by Crippen LogP contribution is 2.34. The fourth-order valence-electron chi connectivity index (χ4n) is 3.92. The molecule has 37 heavy (non-hydrogen) atoms. The number of halogens is 2. The Labute approximate surface area is 219 Å². The van der Waals surface area contributed by atoms with Gasteiger partial charge in [0, 0.05) is 6.54 Å². The van der Waals surface area contributed by atoms with Gasteiger partial charge < -0.3 is 14.8 Å². The van der Waals surface area contributed by atoms with Gasteiger partial charge in [-0.2, -0.15) is 5.26 Å². The molecule has 192 valence electrons. The predicted molar refractivity (Wildman–Crippen MR) is 139 cm³/mol. The monoisotopic (exact) mass is 524 g/mol. The van der Waals surface area contributed by atoms with Gasteiger partial charge in [-0.3, -0.25) is 4.79 Å². The van der Waals surface area contributed by atoms with Gasteiger partial charge in [0.2, 0.25) is 0 Å². The summed E-state index contributed by atoms with van der Waals surface area (Å²) in [6, 6.07) is 10.3. The lowest BCUT2D eigenvalue weighted by molar-refractivity contribution is -0.123. The van der Waals surface area contributed by atoms with Crippen LogP contribution in [0, 0.1) is 17.1 Å². The number of imide groups is 1. The number of urea groups is 1. The summed E-state index contributed by atoms with van der Waals surface area (Å²) in [7, 11) is 0. The topological polar surface area (TPSA) is 106 Å². The molecule has 2 aromatic carbocycles. The number of hydrogen-bond acceptors (Lipinski definition) is 6. The van der Waals surface area contributed by atoms with E-state index in [9.17, 15) is 14.0 Å². The fraction of sp³-hybridized carbons (Fsp3) is 0.259. The fourth-order valence-corrected chi connectivity index (χ4v) is 4.13. The van der Waals surface area contributed by atoms with Gasteiger partial charge in [0.1, 0.15) is 11.6 Å². The summed E-state index contributed by atoms with van der Waals surface area (Å²) in [5, 5.41) is 20.8. The minimum atomic E-state index is -1.11. The number of benzene rings is 2. The molecule has 0 spiro atoms. The summed E-state index contributed by atoms with van der Waals surface area (Å²) in [5.74, 6) is -0.932. The molecule has 0 aromatic heterocycles. The number of carbonyl (C=O) groups is 2. The van der Waals surface area contributed by atoms with Crippen LogP contribution in [0.4, 0.5) is 14.9 Å². The van der Waals surface area contributed by atoms with Crippen molar-refractivity contribution in [1.82, 2.24) is 4.90 Å². The molecule has 0 radical (unpaired) electrons. The summed E-state index contributed by atoms with van der Waals surface area (Å²) in [6.07, 6.45) is 6.62. The van der Waals surface area contributed by atoms with Gasteiger partial charge in [0.05, 0.1) is 29.1 Å². The number of carbonyl (C=O) groups excluding carboxylic acids is 2. The molecule has 0 unspecified atom stereocenters. The Morgan fingerprint density at radius 2 is 2.03 bits per heavy atom. The van der Waals surface area contributed by atoms with E-state index in [0.29, 0.717) is 17.6 Å². The van der Waals surface area contributed by atoms with E-state index in [2.05, 4.69) is 5.16 Å². The number of amides is 3. The maximum Gasteiger partial charge on any atom is 0.332 e. The van der Waals surface area contributed by atoms with Crippen molar-refractivity contribution in [3.63, 3.8) is 0 Å². The first kappa shape index (κ1) is 27.4. The molecule has 1 N–H and O–H groups in total. The summed E-state index contributed by atoms with van der Waals surface area (Å²) < 4.78 is 20.2. The normalized spacial score (nSPS) is 15.7. The average molecular weight is 525 g/mol. The minimum Gasteiger partial charge on any atom is -0.490 e. The Bertz CT molecular complexity index is 1330. The molecule has 1 fully saturated rings. The van der Waals surface area contributed by atoms with Crippen molar-refractivity contribution in [2.24, 2.45) is 5.16 Å². The second kappa shape index (κ2) is 11.7. The average Bonchev–Trinajstić information content (AvgIpc) is 3.03. The molecule has 8 nitrogen and oxygen atoms in total. The van der Waals surface area contributed by atoms with E-state index in [1.54, 1.807) is 38.1 Å². The summed E-state index contributed by atoms with van der Waals surface area (Å²) in [5.41, 5.74) is 0.639. The van der Waals surface area contributed by atoms with Crippen molar-refractivity contribution < 1.29 is 23.9 Å². The first-order valence-corrected chi connectivity index (χ1v) is 11.8. The van der Waals surface area contributed by atoms with Crippen molar-refractivity contribution in [2.75, 3.05) is 18.1 Å². The van der Waals surface area contributed by atoms with Crippen LogP contribution >= 0.6 is 11.6 Å². The Hall–Kier alpha value is -4.16. The molecule has 0 aliphatic carbocycles. The van der Waals surface area contributed by atoms with Gasteiger partial charge in [-0.25, -0.2) is 14.1 Å². The highest BCUT2D eigenvalue weighted by molar-refractivity contribution is 6.32. The molecule has 2 aromatic rings. The van der Waals surface area contributed by atoms with Gasteiger partial charge in [-0.1, -0.05) is 35.0 Å².